The van der Waals surface area contributed by atoms with Crippen molar-refractivity contribution in [2.75, 3.05) is 25.0 Å². The number of rotatable bonds is 4. The van der Waals surface area contributed by atoms with E-state index < -0.39 is 0 Å². The summed E-state index contributed by atoms with van der Waals surface area (Å²) in [7, 11) is 1.74. The van der Waals surface area contributed by atoms with E-state index in [4.69, 9.17) is 16.5 Å². The zero-order valence-electron chi connectivity index (χ0n) is 18.0. The van der Waals surface area contributed by atoms with Gasteiger partial charge in [0.1, 0.15) is 23.0 Å². The van der Waals surface area contributed by atoms with Gasteiger partial charge in [-0.2, -0.15) is 10.4 Å². The topological polar surface area (TPSA) is 77.7 Å². The fraction of sp³-hybridized carbons (Fsp3) is 0.348. The molecule has 4 rings (SSSR count). The summed E-state index contributed by atoms with van der Waals surface area (Å²) in [5, 5.41) is 15.4. The lowest BCUT2D eigenvalue weighted by atomic mass is 9.99. The molecule has 3 aromatic rings. The molecule has 1 aliphatic heterocycles. The molecule has 4 heterocycles. The third-order valence-electron chi connectivity index (χ3n) is 5.71. The van der Waals surface area contributed by atoms with E-state index in [0.29, 0.717) is 22.5 Å². The van der Waals surface area contributed by atoms with Gasteiger partial charge in [0.25, 0.3) is 0 Å². The SMILES string of the molecule is C#[N+]N(C)/C=C(\C)c1cn2ncc(C#N)c2c(-c2ccc(N3CCC(C)CC3)nc2)n1. The molecule has 0 aliphatic carbocycles. The standard InChI is InChI=1S/C23H25N8/c1-16-7-9-30(10-8-16)21-6-5-18(12-26-21)22-23-19(11-24)13-27-31(23)15-20(28-22)17(2)14-29(4)25-3/h3,5-6,12-16H,7-10H2,1-2,4H3/q+1/b17-14+. The van der Waals surface area contributed by atoms with Gasteiger partial charge in [-0.25, -0.2) is 14.5 Å². The Labute approximate surface area is 181 Å². The van der Waals surface area contributed by atoms with Crippen LogP contribution in [0.5, 0.6) is 0 Å². The quantitative estimate of drug-likeness (QED) is 0.600. The van der Waals surface area contributed by atoms with Crippen molar-refractivity contribution in [3.05, 3.63) is 53.1 Å². The van der Waals surface area contributed by atoms with Gasteiger partial charge in [-0.15, -0.1) is 0 Å². The molecule has 1 saturated heterocycles. The molecule has 0 amide bonds. The Hall–Kier alpha value is -3.91. The van der Waals surface area contributed by atoms with Crippen LogP contribution in [0.3, 0.4) is 0 Å². The summed E-state index contributed by atoms with van der Waals surface area (Å²) in [4.78, 5) is 15.5. The van der Waals surface area contributed by atoms with Crippen molar-refractivity contribution in [3.8, 4) is 23.9 Å². The highest BCUT2D eigenvalue weighted by Gasteiger charge is 2.19. The van der Waals surface area contributed by atoms with Gasteiger partial charge in [0.05, 0.1) is 42.0 Å². The molecule has 0 atom stereocenters. The number of anilines is 1. The molecule has 8 nitrogen and oxygen atoms in total. The molecule has 1 aliphatic rings. The number of pyridine rings is 1. The molecule has 3 aromatic heterocycles. The average molecular weight is 414 g/mol. The van der Waals surface area contributed by atoms with Crippen LogP contribution >= 0.6 is 0 Å². The molecule has 0 unspecified atom stereocenters. The van der Waals surface area contributed by atoms with E-state index in [0.717, 1.165) is 36.0 Å². The van der Waals surface area contributed by atoms with Gasteiger partial charge in [0, 0.05) is 24.8 Å². The van der Waals surface area contributed by atoms with Crippen molar-refractivity contribution >= 4 is 16.9 Å². The Morgan fingerprint density at radius 1 is 1.32 bits per heavy atom. The second-order valence-corrected chi connectivity index (χ2v) is 8.01. The summed E-state index contributed by atoms with van der Waals surface area (Å²) >= 11 is 0. The van der Waals surface area contributed by atoms with Crippen LogP contribution in [0.4, 0.5) is 5.82 Å². The fourth-order valence-electron chi connectivity index (χ4n) is 3.82. The van der Waals surface area contributed by atoms with Crippen molar-refractivity contribution in [1.82, 2.24) is 24.6 Å². The largest absolute Gasteiger partial charge is 0.357 e. The molecule has 0 saturated carbocycles. The van der Waals surface area contributed by atoms with Crippen LogP contribution in [-0.2, 0) is 0 Å². The second-order valence-electron chi connectivity index (χ2n) is 8.01. The van der Waals surface area contributed by atoms with Crippen molar-refractivity contribution < 1.29 is 0 Å². The summed E-state index contributed by atoms with van der Waals surface area (Å²) in [6.45, 7) is 11.6. The van der Waals surface area contributed by atoms with E-state index in [1.54, 1.807) is 30.2 Å². The van der Waals surface area contributed by atoms with E-state index >= 15 is 0 Å². The normalized spacial score (nSPS) is 15.0. The smallest absolute Gasteiger partial charge is 0.305 e. The van der Waals surface area contributed by atoms with Crippen LogP contribution in [0.1, 0.15) is 37.9 Å². The average Bonchev–Trinajstić information content (AvgIpc) is 3.22. The Morgan fingerprint density at radius 2 is 2.10 bits per heavy atom. The van der Waals surface area contributed by atoms with E-state index in [1.165, 1.54) is 17.9 Å². The third-order valence-corrected chi connectivity index (χ3v) is 5.71. The number of allylic oxidation sites excluding steroid dienone is 1. The molecule has 0 bridgehead atoms. The highest BCUT2D eigenvalue weighted by molar-refractivity contribution is 5.82. The number of nitrogens with zero attached hydrogens (tertiary/aromatic N) is 8. The van der Waals surface area contributed by atoms with Crippen LogP contribution in [-0.4, -0.2) is 44.7 Å². The number of aromatic nitrogens is 4. The zero-order chi connectivity index (χ0) is 22.0. The number of hydrogen-bond acceptors (Lipinski definition) is 6. The molecular formula is C23H25N8+. The molecule has 1 fully saturated rings. The lowest BCUT2D eigenvalue weighted by Crippen LogP contribution is -2.33. The highest BCUT2D eigenvalue weighted by atomic mass is 15.4. The van der Waals surface area contributed by atoms with Gasteiger partial charge in [-0.3, -0.25) is 0 Å². The Kier molecular flexibility index (Phi) is 5.55. The minimum atomic E-state index is 0.471. The molecule has 0 N–H and O–H groups in total. The maximum absolute atomic E-state index is 9.56. The van der Waals surface area contributed by atoms with Gasteiger partial charge in [-0.1, -0.05) is 6.92 Å². The molecule has 31 heavy (non-hydrogen) atoms. The molecular weight excluding hydrogens is 388 g/mol. The van der Waals surface area contributed by atoms with Gasteiger partial charge in [0.15, 0.2) is 0 Å². The van der Waals surface area contributed by atoms with Crippen molar-refractivity contribution in [2.24, 2.45) is 5.92 Å². The zero-order valence-corrected chi connectivity index (χ0v) is 18.0. The number of nitriles is 1. The van der Waals surface area contributed by atoms with Gasteiger partial charge in [-0.05, 0) is 48.4 Å². The first-order valence-corrected chi connectivity index (χ1v) is 10.3. The predicted molar refractivity (Wildman–Crippen MR) is 121 cm³/mol. The summed E-state index contributed by atoms with van der Waals surface area (Å²) in [6, 6.07) is 6.26. The Bertz CT molecular complexity index is 1200. The highest BCUT2D eigenvalue weighted by Crippen LogP contribution is 2.29. The lowest BCUT2D eigenvalue weighted by Gasteiger charge is -2.31. The maximum Gasteiger partial charge on any atom is 0.305 e. The van der Waals surface area contributed by atoms with Crippen molar-refractivity contribution in [3.63, 3.8) is 0 Å². The minimum Gasteiger partial charge on any atom is -0.357 e. The summed E-state index contributed by atoms with van der Waals surface area (Å²) in [5.74, 6) is 1.74. The third kappa shape index (κ3) is 4.06. The van der Waals surface area contributed by atoms with Crippen molar-refractivity contribution in [2.45, 2.75) is 26.7 Å². The van der Waals surface area contributed by atoms with Crippen LogP contribution in [0.25, 0.3) is 27.3 Å². The van der Waals surface area contributed by atoms with Crippen LogP contribution in [0, 0.1) is 23.8 Å². The lowest BCUT2D eigenvalue weighted by molar-refractivity contribution is 0.436. The number of piperidine rings is 1. The van der Waals surface area contributed by atoms with Crippen molar-refractivity contribution in [1.29, 1.82) is 5.26 Å². The van der Waals surface area contributed by atoms with E-state index in [-0.39, 0.29) is 0 Å². The number of hydrogen-bond donors (Lipinski definition) is 0. The van der Waals surface area contributed by atoms with E-state index in [2.05, 4.69) is 27.9 Å². The fourth-order valence-corrected chi connectivity index (χ4v) is 3.82. The van der Waals surface area contributed by atoms with Crippen LogP contribution < -0.4 is 4.90 Å². The monoisotopic (exact) mass is 413 g/mol. The van der Waals surface area contributed by atoms with Gasteiger partial charge in [0.2, 0.25) is 0 Å². The first kappa shape index (κ1) is 20.4. The minimum absolute atomic E-state index is 0.471. The molecule has 0 radical (unpaired) electrons. The molecule has 8 heteroatoms. The second kappa shape index (κ2) is 8.45. The van der Waals surface area contributed by atoms with Gasteiger partial charge >= 0.3 is 6.57 Å². The summed E-state index contributed by atoms with van der Waals surface area (Å²) in [5.41, 5.74) is 4.21. The van der Waals surface area contributed by atoms with Gasteiger partial charge < -0.3 is 4.90 Å². The molecule has 0 aromatic carbocycles. The molecule has 0 spiro atoms. The van der Waals surface area contributed by atoms with Crippen LogP contribution in [0.15, 0.2) is 36.9 Å². The first-order chi connectivity index (χ1) is 15.0. The Morgan fingerprint density at radius 3 is 2.74 bits per heavy atom. The maximum atomic E-state index is 9.56. The Balaban J connectivity index is 1.77. The summed E-state index contributed by atoms with van der Waals surface area (Å²) in [6.07, 6.45) is 9.33. The molecule has 156 valence electrons. The first-order valence-electron chi connectivity index (χ1n) is 10.3. The summed E-state index contributed by atoms with van der Waals surface area (Å²) < 4.78 is 1.69. The van der Waals surface area contributed by atoms with E-state index in [1.807, 2.05) is 25.3 Å². The predicted octanol–water partition coefficient (Wildman–Crippen LogP) is 4.07. The number of fused-ring (bicyclic) bond motifs is 1. The van der Waals surface area contributed by atoms with E-state index in [9.17, 15) is 5.26 Å². The van der Waals surface area contributed by atoms with Crippen LogP contribution in [0.2, 0.25) is 0 Å².